The second-order valence-electron chi connectivity index (χ2n) is 1.08. The summed E-state index contributed by atoms with van der Waals surface area (Å²) in [4.78, 5) is 0. The largest absolute Gasteiger partial charge is 0.396 e. The van der Waals surface area contributed by atoms with Crippen LogP contribution in [0.25, 0.3) is 0 Å². The normalized spacial score (nSPS) is 7.00. The first kappa shape index (κ1) is 9.79. The van der Waals surface area contributed by atoms with E-state index >= 15 is 0 Å². The van der Waals surface area contributed by atoms with Gasteiger partial charge in [0, 0.05) is 26.7 Å². The maximum atomic E-state index is 8.07. The van der Waals surface area contributed by atoms with Gasteiger partial charge in [-0.3, -0.25) is 0 Å². The Balaban J connectivity index is 0. The van der Waals surface area contributed by atoms with E-state index in [0.29, 0.717) is 6.61 Å². The van der Waals surface area contributed by atoms with Crippen LogP contribution >= 0.6 is 0 Å². The monoisotopic (exact) mass is 267 g/mol. The van der Waals surface area contributed by atoms with Gasteiger partial charge in [0.25, 0.3) is 0 Å². The second-order valence-corrected chi connectivity index (χ2v) is 1.08. The van der Waals surface area contributed by atoms with E-state index in [2.05, 4.69) is 6.92 Å². The average Bonchev–Trinajstić information content (AvgIpc) is 1.41. The first-order chi connectivity index (χ1) is 2.41. The van der Waals surface area contributed by atoms with Crippen LogP contribution in [0.5, 0.6) is 0 Å². The molecule has 0 heterocycles. The van der Waals surface area contributed by atoms with Crippen molar-refractivity contribution >= 4 is 0 Å². The third-order valence-electron chi connectivity index (χ3n) is 0.512. The van der Waals surface area contributed by atoms with Crippen LogP contribution < -0.4 is 0 Å². The van der Waals surface area contributed by atoms with E-state index in [9.17, 15) is 0 Å². The van der Waals surface area contributed by atoms with Crippen LogP contribution in [-0.4, -0.2) is 11.7 Å². The number of unbranched alkanes of at least 4 members (excludes halogenated alkanes) is 1. The molecule has 0 saturated heterocycles. The predicted molar refractivity (Wildman–Crippen MR) is 22.0 cm³/mol. The van der Waals surface area contributed by atoms with E-state index in [4.69, 9.17) is 5.11 Å². The maximum Gasteiger partial charge on any atom is 0.0430 e. The van der Waals surface area contributed by atoms with E-state index in [-0.39, 0.29) is 20.1 Å². The van der Waals surface area contributed by atoms with Crippen LogP contribution in [0.1, 0.15) is 19.8 Å². The number of hydrogen-bond acceptors (Lipinski definition) is 1. The zero-order chi connectivity index (χ0) is 4.12. The van der Waals surface area contributed by atoms with Gasteiger partial charge in [-0.2, -0.15) is 0 Å². The van der Waals surface area contributed by atoms with Crippen molar-refractivity contribution in [2.45, 2.75) is 19.8 Å². The Labute approximate surface area is 52.1 Å². The fourth-order valence-electron chi connectivity index (χ4n) is 0.158. The fourth-order valence-corrected chi connectivity index (χ4v) is 0.158. The molecule has 0 aromatic carbocycles. The molecule has 0 fully saturated rings. The van der Waals surface area contributed by atoms with Gasteiger partial charge < -0.3 is 5.11 Å². The zero-order valence-corrected chi connectivity index (χ0v) is 6.30. The standard InChI is InChI=1S/C4H10O.Ir/c1-2-3-4-5;/h5H,2-4H2,1H3;. The van der Waals surface area contributed by atoms with Crippen LogP contribution in [0, 0.1) is 0 Å². The van der Waals surface area contributed by atoms with Crippen LogP contribution in [0.15, 0.2) is 0 Å². The van der Waals surface area contributed by atoms with Gasteiger partial charge in [-0.15, -0.1) is 0 Å². The van der Waals surface area contributed by atoms with Gasteiger partial charge in [-0.1, -0.05) is 13.3 Å². The number of rotatable bonds is 2. The molecule has 6 heavy (non-hydrogen) atoms. The first-order valence-electron chi connectivity index (χ1n) is 2.02. The van der Waals surface area contributed by atoms with Crippen molar-refractivity contribution in [3.05, 3.63) is 0 Å². The molecule has 0 saturated carbocycles. The Hall–Kier alpha value is 0.609. The summed E-state index contributed by atoms with van der Waals surface area (Å²) in [7, 11) is 0. The zero-order valence-electron chi connectivity index (χ0n) is 3.90. The molecule has 0 unspecified atom stereocenters. The van der Waals surface area contributed by atoms with Gasteiger partial charge in [0.2, 0.25) is 0 Å². The Bertz CT molecular complexity index is 15.0. The van der Waals surface area contributed by atoms with Crippen LogP contribution in [0.3, 0.4) is 0 Å². The molecule has 0 spiro atoms. The summed E-state index contributed by atoms with van der Waals surface area (Å²) >= 11 is 0. The summed E-state index contributed by atoms with van der Waals surface area (Å²) < 4.78 is 0. The van der Waals surface area contributed by atoms with Crippen molar-refractivity contribution in [2.24, 2.45) is 0 Å². The minimum Gasteiger partial charge on any atom is -0.396 e. The molecule has 0 aliphatic rings. The van der Waals surface area contributed by atoms with Gasteiger partial charge in [0.15, 0.2) is 0 Å². The third kappa shape index (κ3) is 8.82. The van der Waals surface area contributed by atoms with Gasteiger partial charge in [-0.25, -0.2) is 0 Å². The number of aliphatic hydroxyl groups is 1. The molecule has 41 valence electrons. The molecule has 0 rings (SSSR count). The average molecular weight is 266 g/mol. The Morgan fingerprint density at radius 2 is 2.00 bits per heavy atom. The molecular formula is C4H10IrO. The van der Waals surface area contributed by atoms with Crippen LogP contribution in [0.2, 0.25) is 0 Å². The summed E-state index contributed by atoms with van der Waals surface area (Å²) in [6.45, 7) is 2.40. The van der Waals surface area contributed by atoms with Crippen molar-refractivity contribution in [2.75, 3.05) is 6.61 Å². The van der Waals surface area contributed by atoms with Crippen LogP contribution in [0.4, 0.5) is 0 Å². The second kappa shape index (κ2) is 9.15. The quantitative estimate of drug-likeness (QED) is 0.783. The van der Waals surface area contributed by atoms with E-state index < -0.39 is 0 Å². The van der Waals surface area contributed by atoms with Crippen molar-refractivity contribution in [1.29, 1.82) is 0 Å². The van der Waals surface area contributed by atoms with E-state index in [1.165, 1.54) is 0 Å². The molecule has 0 atom stereocenters. The molecule has 0 aromatic heterocycles. The van der Waals surface area contributed by atoms with Gasteiger partial charge in [-0.05, 0) is 6.42 Å². The van der Waals surface area contributed by atoms with Crippen molar-refractivity contribution < 1.29 is 25.2 Å². The van der Waals surface area contributed by atoms with Gasteiger partial charge >= 0.3 is 0 Å². The third-order valence-corrected chi connectivity index (χ3v) is 0.512. The summed E-state index contributed by atoms with van der Waals surface area (Å²) in [5.41, 5.74) is 0. The fraction of sp³-hybridized carbons (Fsp3) is 1.00. The predicted octanol–water partition coefficient (Wildman–Crippen LogP) is 0.776. The number of hydrogen-bond donors (Lipinski definition) is 1. The number of aliphatic hydroxyl groups excluding tert-OH is 1. The molecular weight excluding hydrogens is 256 g/mol. The van der Waals surface area contributed by atoms with Crippen molar-refractivity contribution in [1.82, 2.24) is 0 Å². The Morgan fingerprint density at radius 3 is 2.00 bits per heavy atom. The molecule has 0 amide bonds. The molecule has 0 aliphatic heterocycles. The van der Waals surface area contributed by atoms with Crippen molar-refractivity contribution in [3.63, 3.8) is 0 Å². The smallest absolute Gasteiger partial charge is 0.0430 e. The Kier molecular flexibility index (Phi) is 14.9. The Morgan fingerprint density at radius 1 is 1.50 bits per heavy atom. The molecule has 0 bridgehead atoms. The van der Waals surface area contributed by atoms with E-state index in [1.54, 1.807) is 0 Å². The van der Waals surface area contributed by atoms with Gasteiger partial charge in [0.1, 0.15) is 0 Å². The molecule has 0 aromatic rings. The van der Waals surface area contributed by atoms with E-state index in [0.717, 1.165) is 12.8 Å². The SMILES string of the molecule is CCCCO.[Ir]. The first-order valence-corrected chi connectivity index (χ1v) is 2.02. The molecule has 1 nitrogen and oxygen atoms in total. The molecule has 1 radical (unpaired) electrons. The molecule has 1 N–H and O–H groups in total. The molecule has 0 aliphatic carbocycles. The summed E-state index contributed by atoms with van der Waals surface area (Å²) in [5, 5.41) is 8.07. The molecule has 2 heteroatoms. The summed E-state index contributed by atoms with van der Waals surface area (Å²) in [5.74, 6) is 0. The van der Waals surface area contributed by atoms with Gasteiger partial charge in [0.05, 0.1) is 0 Å². The minimum atomic E-state index is 0. The topological polar surface area (TPSA) is 20.2 Å². The summed E-state index contributed by atoms with van der Waals surface area (Å²) in [6, 6.07) is 0. The minimum absolute atomic E-state index is 0. The van der Waals surface area contributed by atoms with E-state index in [1.807, 2.05) is 0 Å². The van der Waals surface area contributed by atoms with Crippen LogP contribution in [-0.2, 0) is 20.1 Å². The summed E-state index contributed by atoms with van der Waals surface area (Å²) in [6.07, 6.45) is 2.04. The van der Waals surface area contributed by atoms with Crippen molar-refractivity contribution in [3.8, 4) is 0 Å². The maximum absolute atomic E-state index is 8.07.